The zero-order chi connectivity index (χ0) is 20.4. The highest BCUT2D eigenvalue weighted by molar-refractivity contribution is 5.94. The van der Waals surface area contributed by atoms with E-state index in [4.69, 9.17) is 9.47 Å². The summed E-state index contributed by atoms with van der Waals surface area (Å²) in [5, 5.41) is 7.41. The van der Waals surface area contributed by atoms with E-state index in [2.05, 4.69) is 27.2 Å². The number of fused-ring (bicyclic) bond motifs is 1. The first-order chi connectivity index (χ1) is 14.0. The Hall–Kier alpha value is -2.38. The van der Waals surface area contributed by atoms with Crippen molar-refractivity contribution in [3.8, 4) is 5.75 Å². The van der Waals surface area contributed by atoms with Gasteiger partial charge in [-0.3, -0.25) is 14.8 Å². The van der Waals surface area contributed by atoms with Gasteiger partial charge < -0.3 is 14.4 Å². The lowest BCUT2D eigenvalue weighted by atomic mass is 9.99. The molecule has 2 aliphatic rings. The largest absolute Gasteiger partial charge is 0.497 e. The first kappa shape index (κ1) is 19.9. The predicted octanol–water partition coefficient (Wildman–Crippen LogP) is 2.79. The van der Waals surface area contributed by atoms with Crippen molar-refractivity contribution in [1.82, 2.24) is 20.0 Å². The molecule has 2 atom stereocenters. The number of ether oxygens (including phenoxy) is 2. The van der Waals surface area contributed by atoms with Crippen molar-refractivity contribution in [2.75, 3.05) is 33.3 Å². The van der Waals surface area contributed by atoms with Gasteiger partial charge in [-0.1, -0.05) is 12.1 Å². The number of hydrogen-bond donors (Lipinski definition) is 1. The zero-order valence-electron chi connectivity index (χ0n) is 17.5. The molecule has 1 aromatic heterocycles. The summed E-state index contributed by atoms with van der Waals surface area (Å²) >= 11 is 0. The van der Waals surface area contributed by atoms with Crippen molar-refractivity contribution in [3.63, 3.8) is 0 Å². The summed E-state index contributed by atoms with van der Waals surface area (Å²) in [5.41, 5.74) is 3.81. The van der Waals surface area contributed by atoms with E-state index in [1.54, 1.807) is 7.11 Å². The first-order valence-electron chi connectivity index (χ1n) is 10.4. The van der Waals surface area contributed by atoms with E-state index in [9.17, 15) is 4.79 Å². The Balaban J connectivity index is 1.40. The number of H-pyrrole nitrogens is 1. The average molecular weight is 399 g/mol. The number of methoxy groups -OCH3 is 1. The van der Waals surface area contributed by atoms with E-state index in [0.29, 0.717) is 5.69 Å². The van der Waals surface area contributed by atoms with Crippen molar-refractivity contribution < 1.29 is 14.3 Å². The number of benzene rings is 1. The second kappa shape index (κ2) is 8.55. The maximum Gasteiger partial charge on any atom is 0.274 e. The van der Waals surface area contributed by atoms with Crippen LogP contribution in [0.4, 0.5) is 0 Å². The molecule has 1 aromatic carbocycles. The molecule has 1 N–H and O–H groups in total. The van der Waals surface area contributed by atoms with Crippen LogP contribution in [0.1, 0.15) is 53.7 Å². The normalized spacial score (nSPS) is 22.8. The van der Waals surface area contributed by atoms with E-state index in [1.807, 2.05) is 30.9 Å². The molecule has 1 saturated heterocycles. The second-order valence-electron chi connectivity index (χ2n) is 8.03. The molecular formula is C22H30N4O3. The van der Waals surface area contributed by atoms with Gasteiger partial charge in [0.05, 0.1) is 25.0 Å². The van der Waals surface area contributed by atoms with Crippen molar-refractivity contribution in [1.29, 1.82) is 0 Å². The van der Waals surface area contributed by atoms with E-state index < -0.39 is 0 Å². The molecule has 0 spiro atoms. The van der Waals surface area contributed by atoms with Crippen LogP contribution in [0, 0.1) is 0 Å². The smallest absolute Gasteiger partial charge is 0.274 e. The lowest BCUT2D eigenvalue weighted by molar-refractivity contribution is -0.00701. The van der Waals surface area contributed by atoms with Gasteiger partial charge in [-0.05, 0) is 38.0 Å². The van der Waals surface area contributed by atoms with Gasteiger partial charge in [-0.2, -0.15) is 5.10 Å². The molecule has 7 heteroatoms. The number of aromatic nitrogens is 2. The third-order valence-corrected chi connectivity index (χ3v) is 5.88. The standard InChI is InChI=1S/C22H30N4O3/c1-15-13-19-20(16(2)29-15)23-24-21(19)22(27)26-10-4-9-25(11-12-26)14-17-5-7-18(28-3)8-6-17/h5-8,15-16H,4,9-14H2,1-3H3,(H,23,24)/t15-,16+/m0/s1. The van der Waals surface area contributed by atoms with Crippen LogP contribution in [0.25, 0.3) is 0 Å². The molecule has 0 saturated carbocycles. The molecule has 29 heavy (non-hydrogen) atoms. The van der Waals surface area contributed by atoms with Gasteiger partial charge >= 0.3 is 0 Å². The number of hydrogen-bond acceptors (Lipinski definition) is 5. The van der Waals surface area contributed by atoms with Crippen molar-refractivity contribution in [2.45, 2.75) is 45.4 Å². The topological polar surface area (TPSA) is 70.7 Å². The summed E-state index contributed by atoms with van der Waals surface area (Å²) in [4.78, 5) is 17.6. The molecule has 1 fully saturated rings. The quantitative estimate of drug-likeness (QED) is 0.858. The third kappa shape index (κ3) is 4.31. The van der Waals surface area contributed by atoms with Crippen molar-refractivity contribution >= 4 is 5.91 Å². The zero-order valence-corrected chi connectivity index (χ0v) is 17.5. The van der Waals surface area contributed by atoms with Crippen LogP contribution in [-0.4, -0.2) is 65.3 Å². The maximum atomic E-state index is 13.2. The van der Waals surface area contributed by atoms with Crippen LogP contribution >= 0.6 is 0 Å². The minimum Gasteiger partial charge on any atom is -0.497 e. The van der Waals surface area contributed by atoms with Crippen LogP contribution in [0.15, 0.2) is 24.3 Å². The Morgan fingerprint density at radius 3 is 2.76 bits per heavy atom. The highest BCUT2D eigenvalue weighted by Crippen LogP contribution is 2.30. The minimum absolute atomic E-state index is 0.0371. The third-order valence-electron chi connectivity index (χ3n) is 5.88. The van der Waals surface area contributed by atoms with E-state index >= 15 is 0 Å². The van der Waals surface area contributed by atoms with Gasteiger partial charge in [-0.25, -0.2) is 0 Å². The Labute approximate surface area is 172 Å². The molecule has 0 aliphatic carbocycles. The molecule has 2 aliphatic heterocycles. The number of nitrogens with zero attached hydrogens (tertiary/aromatic N) is 3. The lowest BCUT2D eigenvalue weighted by Crippen LogP contribution is -2.36. The van der Waals surface area contributed by atoms with Gasteiger partial charge in [0.2, 0.25) is 0 Å². The summed E-state index contributed by atoms with van der Waals surface area (Å²) in [5.74, 6) is 0.910. The molecule has 3 heterocycles. The number of carbonyl (C=O) groups excluding carboxylic acids is 1. The molecule has 1 amide bonds. The van der Waals surface area contributed by atoms with E-state index in [1.165, 1.54) is 5.56 Å². The summed E-state index contributed by atoms with van der Waals surface area (Å²) in [7, 11) is 1.68. The fraction of sp³-hybridized carbons (Fsp3) is 0.545. The Kier molecular flexibility index (Phi) is 5.87. The van der Waals surface area contributed by atoms with Gasteiger partial charge in [0.1, 0.15) is 5.75 Å². The molecule has 0 radical (unpaired) electrons. The van der Waals surface area contributed by atoms with Crippen molar-refractivity contribution in [2.24, 2.45) is 0 Å². The maximum absolute atomic E-state index is 13.2. The lowest BCUT2D eigenvalue weighted by Gasteiger charge is -2.26. The van der Waals surface area contributed by atoms with Gasteiger partial charge in [-0.15, -0.1) is 0 Å². The van der Waals surface area contributed by atoms with Gasteiger partial charge in [0.15, 0.2) is 5.69 Å². The molecule has 7 nitrogen and oxygen atoms in total. The highest BCUT2D eigenvalue weighted by Gasteiger charge is 2.31. The molecule has 0 bridgehead atoms. The number of nitrogens with one attached hydrogen (secondary N) is 1. The predicted molar refractivity (Wildman–Crippen MR) is 110 cm³/mol. The number of amides is 1. The van der Waals surface area contributed by atoms with Crippen LogP contribution in [0.5, 0.6) is 5.75 Å². The Bertz CT molecular complexity index is 848. The Morgan fingerprint density at radius 2 is 2.00 bits per heavy atom. The molecular weight excluding hydrogens is 368 g/mol. The van der Waals surface area contributed by atoms with Crippen LogP contribution in [-0.2, 0) is 17.7 Å². The number of rotatable bonds is 4. The highest BCUT2D eigenvalue weighted by atomic mass is 16.5. The van der Waals surface area contributed by atoms with Crippen molar-refractivity contribution in [3.05, 3.63) is 46.8 Å². The summed E-state index contributed by atoms with van der Waals surface area (Å²) in [6.07, 6.45) is 1.75. The SMILES string of the molecule is COc1ccc(CN2CCCN(C(=O)c3n[nH]c4c3C[C@H](C)O[C@@H]4C)CC2)cc1. The van der Waals surface area contributed by atoms with E-state index in [0.717, 1.165) is 62.6 Å². The fourth-order valence-corrected chi connectivity index (χ4v) is 4.32. The van der Waals surface area contributed by atoms with E-state index in [-0.39, 0.29) is 18.1 Å². The number of aromatic amines is 1. The second-order valence-corrected chi connectivity index (χ2v) is 8.03. The fourth-order valence-electron chi connectivity index (χ4n) is 4.32. The summed E-state index contributed by atoms with van der Waals surface area (Å²) in [6.45, 7) is 8.26. The van der Waals surface area contributed by atoms with Crippen LogP contribution in [0.2, 0.25) is 0 Å². The van der Waals surface area contributed by atoms with Crippen LogP contribution < -0.4 is 4.74 Å². The number of carbonyl (C=O) groups is 1. The Morgan fingerprint density at radius 1 is 1.21 bits per heavy atom. The summed E-state index contributed by atoms with van der Waals surface area (Å²) in [6, 6.07) is 8.20. The molecule has 0 unspecified atom stereocenters. The molecule has 4 rings (SSSR count). The molecule has 2 aromatic rings. The first-order valence-corrected chi connectivity index (χ1v) is 10.4. The monoisotopic (exact) mass is 398 g/mol. The summed E-state index contributed by atoms with van der Waals surface area (Å²) < 4.78 is 11.1. The van der Waals surface area contributed by atoms with Gasteiger partial charge in [0, 0.05) is 44.7 Å². The molecule has 156 valence electrons. The minimum atomic E-state index is -0.0491. The van der Waals surface area contributed by atoms with Gasteiger partial charge in [0.25, 0.3) is 5.91 Å². The van der Waals surface area contributed by atoms with Crippen LogP contribution in [0.3, 0.4) is 0 Å². The average Bonchev–Trinajstić information content (AvgIpc) is 3.00.